The summed E-state index contributed by atoms with van der Waals surface area (Å²) in [7, 11) is 0. The van der Waals surface area contributed by atoms with Crippen LogP contribution in [0.15, 0.2) is 42.5 Å². The van der Waals surface area contributed by atoms with Crippen LogP contribution in [-0.2, 0) is 6.18 Å². The third-order valence-corrected chi connectivity index (χ3v) is 5.35. The first-order valence-electron chi connectivity index (χ1n) is 9.31. The lowest BCUT2D eigenvalue weighted by molar-refractivity contribution is -0.137. The Hall–Kier alpha value is -2.92. The van der Waals surface area contributed by atoms with E-state index in [1.165, 1.54) is 12.1 Å². The average molecular weight is 437 g/mol. The quantitative estimate of drug-likeness (QED) is 0.689. The van der Waals surface area contributed by atoms with Gasteiger partial charge < -0.3 is 15.1 Å². The van der Waals surface area contributed by atoms with Gasteiger partial charge in [0.15, 0.2) is 0 Å². The minimum absolute atomic E-state index is 0.216. The van der Waals surface area contributed by atoms with Gasteiger partial charge in [0.2, 0.25) is 0 Å². The fourth-order valence-electron chi connectivity index (χ4n) is 3.54. The molecule has 1 heterocycles. The molecule has 2 amide bonds. The predicted molar refractivity (Wildman–Crippen MR) is 110 cm³/mol. The van der Waals surface area contributed by atoms with Crippen LogP contribution < -0.4 is 10.2 Å². The van der Waals surface area contributed by atoms with E-state index in [1.54, 1.807) is 35.2 Å². The average Bonchev–Trinajstić information content (AvgIpc) is 2.70. The molecule has 2 atom stereocenters. The molecule has 0 saturated carbocycles. The Morgan fingerprint density at radius 3 is 2.40 bits per heavy atom. The summed E-state index contributed by atoms with van der Waals surface area (Å²) in [5.74, 6) is 0. The van der Waals surface area contributed by atoms with Crippen molar-refractivity contribution in [2.75, 3.05) is 23.3 Å². The molecule has 1 aliphatic rings. The second-order valence-corrected chi connectivity index (χ2v) is 7.72. The zero-order chi connectivity index (χ0) is 22.1. The second kappa shape index (κ2) is 8.44. The van der Waals surface area contributed by atoms with Crippen LogP contribution >= 0.6 is 11.6 Å². The van der Waals surface area contributed by atoms with E-state index in [-0.39, 0.29) is 18.1 Å². The van der Waals surface area contributed by atoms with Crippen LogP contribution in [0.5, 0.6) is 0 Å². The summed E-state index contributed by atoms with van der Waals surface area (Å²) in [5.41, 5.74) is -0.384. The number of nitrogens with zero attached hydrogens (tertiary/aromatic N) is 3. The number of carbonyl (C=O) groups excluding carboxylic acids is 1. The molecule has 0 aliphatic carbocycles. The number of rotatable bonds is 2. The summed E-state index contributed by atoms with van der Waals surface area (Å²) >= 11 is 5.85. The van der Waals surface area contributed by atoms with Gasteiger partial charge in [0.1, 0.15) is 0 Å². The first-order valence-corrected chi connectivity index (χ1v) is 9.69. The third-order valence-electron chi connectivity index (χ3n) is 5.10. The Bertz CT molecular complexity index is 972. The molecule has 30 heavy (non-hydrogen) atoms. The highest BCUT2D eigenvalue weighted by molar-refractivity contribution is 6.30. The van der Waals surface area contributed by atoms with Crippen molar-refractivity contribution in [2.24, 2.45) is 0 Å². The largest absolute Gasteiger partial charge is 0.417 e. The Balaban J connectivity index is 1.77. The van der Waals surface area contributed by atoms with Crippen molar-refractivity contribution >= 4 is 29.0 Å². The van der Waals surface area contributed by atoms with Crippen molar-refractivity contribution in [3.05, 3.63) is 58.6 Å². The lowest BCUT2D eigenvalue weighted by Crippen LogP contribution is -2.59. The van der Waals surface area contributed by atoms with E-state index < -0.39 is 17.3 Å². The zero-order valence-corrected chi connectivity index (χ0v) is 17.1. The number of amides is 2. The monoisotopic (exact) mass is 436 g/mol. The van der Waals surface area contributed by atoms with E-state index in [0.717, 1.165) is 6.07 Å². The number of hydrogen-bond donors (Lipinski definition) is 1. The molecule has 1 fully saturated rings. The molecule has 9 heteroatoms. The molecule has 0 radical (unpaired) electrons. The number of piperazine rings is 1. The number of alkyl halides is 3. The molecular formula is C21H20ClF3N4O. The van der Waals surface area contributed by atoms with Gasteiger partial charge in [-0.2, -0.15) is 18.4 Å². The molecule has 0 spiro atoms. The summed E-state index contributed by atoms with van der Waals surface area (Å²) in [6.45, 7) is 4.38. The molecule has 2 aromatic rings. The molecule has 0 bridgehead atoms. The fourth-order valence-corrected chi connectivity index (χ4v) is 3.67. The highest BCUT2D eigenvalue weighted by Crippen LogP contribution is 2.35. The van der Waals surface area contributed by atoms with Crippen molar-refractivity contribution in [3.63, 3.8) is 0 Å². The molecule has 1 aliphatic heterocycles. The van der Waals surface area contributed by atoms with E-state index in [1.807, 2.05) is 18.7 Å². The van der Waals surface area contributed by atoms with Crippen LogP contribution in [0.4, 0.5) is 29.3 Å². The Morgan fingerprint density at radius 1 is 1.13 bits per heavy atom. The normalized spacial score (nSPS) is 19.4. The molecule has 0 unspecified atom stereocenters. The summed E-state index contributed by atoms with van der Waals surface area (Å²) < 4.78 is 40.0. The first kappa shape index (κ1) is 21.8. The maximum atomic E-state index is 13.3. The fraction of sp³-hybridized carbons (Fsp3) is 0.333. The molecule has 2 aromatic carbocycles. The Labute approximate surface area is 177 Å². The van der Waals surface area contributed by atoms with Gasteiger partial charge in [-0.15, -0.1) is 0 Å². The zero-order valence-electron chi connectivity index (χ0n) is 16.4. The summed E-state index contributed by atoms with van der Waals surface area (Å²) in [6.07, 6.45) is -4.61. The van der Waals surface area contributed by atoms with Crippen LogP contribution in [0, 0.1) is 11.3 Å². The van der Waals surface area contributed by atoms with Gasteiger partial charge in [-0.3, -0.25) is 0 Å². The van der Waals surface area contributed by atoms with Gasteiger partial charge in [-0.25, -0.2) is 4.79 Å². The molecule has 3 rings (SSSR count). The number of carbonyl (C=O) groups is 1. The van der Waals surface area contributed by atoms with Crippen molar-refractivity contribution in [2.45, 2.75) is 32.1 Å². The van der Waals surface area contributed by atoms with Gasteiger partial charge >= 0.3 is 12.2 Å². The summed E-state index contributed by atoms with van der Waals surface area (Å²) in [5, 5.41) is 12.4. The van der Waals surface area contributed by atoms with Crippen LogP contribution in [0.3, 0.4) is 0 Å². The van der Waals surface area contributed by atoms with Crippen LogP contribution in [0.1, 0.15) is 25.0 Å². The van der Waals surface area contributed by atoms with E-state index in [4.69, 9.17) is 16.9 Å². The summed E-state index contributed by atoms with van der Waals surface area (Å²) in [4.78, 5) is 16.2. The highest BCUT2D eigenvalue weighted by Gasteiger charge is 2.36. The highest BCUT2D eigenvalue weighted by atomic mass is 35.5. The third kappa shape index (κ3) is 4.62. The van der Waals surface area contributed by atoms with Gasteiger partial charge in [-0.1, -0.05) is 11.6 Å². The minimum atomic E-state index is -4.61. The lowest BCUT2D eigenvalue weighted by Gasteiger charge is -2.45. The molecule has 1 N–H and O–H groups in total. The van der Waals surface area contributed by atoms with Gasteiger partial charge in [-0.05, 0) is 56.3 Å². The molecule has 1 saturated heterocycles. The van der Waals surface area contributed by atoms with Gasteiger partial charge in [0.25, 0.3) is 0 Å². The van der Waals surface area contributed by atoms with E-state index in [9.17, 15) is 18.0 Å². The number of hydrogen-bond acceptors (Lipinski definition) is 3. The predicted octanol–water partition coefficient (Wildman–Crippen LogP) is 5.36. The number of halogens is 4. The van der Waals surface area contributed by atoms with Crippen LogP contribution in [-0.4, -0.2) is 36.1 Å². The van der Waals surface area contributed by atoms with Crippen molar-refractivity contribution < 1.29 is 18.0 Å². The second-order valence-electron chi connectivity index (χ2n) is 7.28. The van der Waals surface area contributed by atoms with E-state index in [0.29, 0.717) is 29.5 Å². The first-order chi connectivity index (χ1) is 14.1. The topological polar surface area (TPSA) is 59.4 Å². The Kier molecular flexibility index (Phi) is 6.13. The van der Waals surface area contributed by atoms with Crippen LogP contribution in [0.2, 0.25) is 5.02 Å². The molecule has 158 valence electrons. The molecule has 0 aromatic heterocycles. The van der Waals surface area contributed by atoms with E-state index in [2.05, 4.69) is 5.32 Å². The number of nitriles is 1. The summed E-state index contributed by atoms with van der Waals surface area (Å²) in [6, 6.07) is 11.3. The molecule has 5 nitrogen and oxygen atoms in total. The number of benzene rings is 2. The van der Waals surface area contributed by atoms with Crippen molar-refractivity contribution in [3.8, 4) is 6.07 Å². The minimum Gasteiger partial charge on any atom is -0.365 e. The maximum Gasteiger partial charge on any atom is 0.417 e. The van der Waals surface area contributed by atoms with Gasteiger partial charge in [0.05, 0.1) is 17.2 Å². The smallest absolute Gasteiger partial charge is 0.365 e. The van der Waals surface area contributed by atoms with Crippen molar-refractivity contribution in [1.29, 1.82) is 5.26 Å². The molecular weight excluding hydrogens is 417 g/mol. The van der Waals surface area contributed by atoms with E-state index >= 15 is 0 Å². The Morgan fingerprint density at radius 2 is 1.80 bits per heavy atom. The van der Waals surface area contributed by atoms with Crippen LogP contribution in [0.25, 0.3) is 0 Å². The number of nitrogens with one attached hydrogen (secondary N) is 1. The SMILES string of the molecule is C[C@@H]1CN(c2ccc(C#N)c(C(F)(F)F)c2)[C@@H](C)CN1C(=O)Nc1ccc(Cl)cc1. The van der Waals surface area contributed by atoms with Gasteiger partial charge in [0, 0.05) is 41.6 Å². The maximum absolute atomic E-state index is 13.3. The number of urea groups is 1. The number of anilines is 2. The van der Waals surface area contributed by atoms with Crippen molar-refractivity contribution in [1.82, 2.24) is 4.90 Å². The lowest BCUT2D eigenvalue weighted by atomic mass is 10.0. The standard InChI is InChI=1S/C21H20ClF3N4O/c1-13-12-29(20(30)27-17-6-4-16(22)5-7-17)14(2)11-28(13)18-8-3-15(10-26)19(9-18)21(23,24)25/h3-9,13-14H,11-12H2,1-2H3,(H,27,30)/t13-,14+/m0/s1.